The first-order chi connectivity index (χ1) is 14.0. The Labute approximate surface area is 171 Å². The summed E-state index contributed by atoms with van der Waals surface area (Å²) >= 11 is 5.94. The molecule has 1 amide bonds. The van der Waals surface area contributed by atoms with Crippen LogP contribution in [0.1, 0.15) is 16.2 Å². The van der Waals surface area contributed by atoms with Crippen molar-refractivity contribution in [1.82, 2.24) is 9.97 Å². The number of halogens is 2. The van der Waals surface area contributed by atoms with Crippen LogP contribution in [0.4, 0.5) is 21.6 Å². The maximum Gasteiger partial charge on any atom is 0.293 e. The second-order valence-corrected chi connectivity index (χ2v) is 6.90. The number of aryl methyl sites for hydroxylation is 1. The molecule has 0 fully saturated rings. The molecular weight excluding hydrogens is 391 g/mol. The monoisotopic (exact) mass is 406 g/mol. The number of anilines is 3. The Morgan fingerprint density at radius 2 is 1.69 bits per heavy atom. The molecule has 29 heavy (non-hydrogen) atoms. The summed E-state index contributed by atoms with van der Waals surface area (Å²) in [6, 6.07) is 19.0. The summed E-state index contributed by atoms with van der Waals surface area (Å²) < 4.78 is 13.8. The second-order valence-electron chi connectivity index (χ2n) is 6.46. The minimum atomic E-state index is -0.529. The van der Waals surface area contributed by atoms with Crippen LogP contribution in [0, 0.1) is 12.7 Å². The lowest BCUT2D eigenvalue weighted by Crippen LogP contribution is -2.17. The number of hydrogen-bond donors (Lipinski definition) is 2. The van der Waals surface area contributed by atoms with Gasteiger partial charge in [-0.15, -0.1) is 0 Å². The van der Waals surface area contributed by atoms with Crippen molar-refractivity contribution >= 4 is 45.6 Å². The number of hydrogen-bond acceptors (Lipinski definition) is 4. The van der Waals surface area contributed by atoms with Crippen LogP contribution in [0.3, 0.4) is 0 Å². The standard InChI is InChI=1S/C22H16ClFN4O/c1-13-6-9-16(12-18(13)24)26-22(29)21-27-19-5-3-2-4-17(19)20(28-21)25-15-10-7-14(23)8-11-15/h2-12H,1H3,(H,26,29)(H,25,27,28). The highest BCUT2D eigenvalue weighted by molar-refractivity contribution is 6.30. The van der Waals surface area contributed by atoms with E-state index in [0.29, 0.717) is 27.6 Å². The number of nitrogens with one attached hydrogen (secondary N) is 2. The number of amides is 1. The number of carbonyl (C=O) groups excluding carboxylic acids is 1. The predicted octanol–water partition coefficient (Wildman–Crippen LogP) is 5.73. The van der Waals surface area contributed by atoms with E-state index in [1.807, 2.05) is 30.3 Å². The molecule has 0 aliphatic heterocycles. The molecule has 0 spiro atoms. The van der Waals surface area contributed by atoms with E-state index in [4.69, 9.17) is 11.6 Å². The van der Waals surface area contributed by atoms with Crippen LogP contribution < -0.4 is 10.6 Å². The molecule has 0 bridgehead atoms. The number of nitrogens with zero attached hydrogens (tertiary/aromatic N) is 2. The third-order valence-corrected chi connectivity index (χ3v) is 4.59. The smallest absolute Gasteiger partial charge is 0.293 e. The molecule has 3 aromatic carbocycles. The van der Waals surface area contributed by atoms with Crippen LogP contribution in [-0.2, 0) is 0 Å². The molecule has 1 aromatic heterocycles. The molecule has 7 heteroatoms. The summed E-state index contributed by atoms with van der Waals surface area (Å²) in [6.07, 6.45) is 0. The maximum atomic E-state index is 13.8. The van der Waals surface area contributed by atoms with E-state index in [9.17, 15) is 9.18 Å². The Balaban J connectivity index is 1.69. The maximum absolute atomic E-state index is 13.8. The zero-order chi connectivity index (χ0) is 20.4. The SMILES string of the molecule is Cc1ccc(NC(=O)c2nc(Nc3ccc(Cl)cc3)c3ccccc3n2)cc1F. The van der Waals surface area contributed by atoms with Gasteiger partial charge in [0.05, 0.1) is 5.52 Å². The first-order valence-corrected chi connectivity index (χ1v) is 9.24. The number of carbonyl (C=O) groups is 1. The van der Waals surface area contributed by atoms with Crippen LogP contribution in [0.15, 0.2) is 66.7 Å². The van der Waals surface area contributed by atoms with Gasteiger partial charge in [0.15, 0.2) is 0 Å². The van der Waals surface area contributed by atoms with Gasteiger partial charge in [-0.3, -0.25) is 4.79 Å². The first-order valence-electron chi connectivity index (χ1n) is 8.86. The van der Waals surface area contributed by atoms with Crippen LogP contribution in [0.2, 0.25) is 5.02 Å². The number of benzene rings is 3. The van der Waals surface area contributed by atoms with E-state index in [2.05, 4.69) is 20.6 Å². The van der Waals surface area contributed by atoms with E-state index in [1.54, 1.807) is 37.3 Å². The molecule has 0 atom stereocenters. The summed E-state index contributed by atoms with van der Waals surface area (Å²) in [5.74, 6) is -0.468. The molecule has 144 valence electrons. The highest BCUT2D eigenvalue weighted by Crippen LogP contribution is 2.25. The Bertz CT molecular complexity index is 1210. The summed E-state index contributed by atoms with van der Waals surface area (Å²) in [4.78, 5) is 21.4. The Morgan fingerprint density at radius 1 is 0.966 bits per heavy atom. The zero-order valence-electron chi connectivity index (χ0n) is 15.4. The molecule has 0 saturated heterocycles. The van der Waals surface area contributed by atoms with Crippen molar-refractivity contribution in [3.8, 4) is 0 Å². The molecule has 0 radical (unpaired) electrons. The molecule has 4 aromatic rings. The van der Waals surface area contributed by atoms with Gasteiger partial charge < -0.3 is 10.6 Å². The molecule has 4 rings (SSSR count). The zero-order valence-corrected chi connectivity index (χ0v) is 16.2. The Hall–Kier alpha value is -3.51. The Morgan fingerprint density at radius 3 is 2.45 bits per heavy atom. The van der Waals surface area contributed by atoms with Crippen molar-refractivity contribution in [3.05, 3.63) is 89.0 Å². The van der Waals surface area contributed by atoms with Crippen molar-refractivity contribution in [2.45, 2.75) is 6.92 Å². The predicted molar refractivity (Wildman–Crippen MR) is 113 cm³/mol. The first kappa shape index (κ1) is 18.8. The molecule has 0 aliphatic rings. The van der Waals surface area contributed by atoms with Crippen molar-refractivity contribution in [2.75, 3.05) is 10.6 Å². The van der Waals surface area contributed by atoms with Crippen LogP contribution in [0.25, 0.3) is 10.9 Å². The normalized spacial score (nSPS) is 10.7. The van der Waals surface area contributed by atoms with Gasteiger partial charge in [0.25, 0.3) is 5.91 Å². The fourth-order valence-corrected chi connectivity index (χ4v) is 2.93. The van der Waals surface area contributed by atoms with Gasteiger partial charge in [-0.1, -0.05) is 29.8 Å². The average molecular weight is 407 g/mol. The molecular formula is C22H16ClFN4O. The van der Waals surface area contributed by atoms with Crippen LogP contribution >= 0.6 is 11.6 Å². The van der Waals surface area contributed by atoms with E-state index in [1.165, 1.54) is 6.07 Å². The van der Waals surface area contributed by atoms with Crippen molar-refractivity contribution in [2.24, 2.45) is 0 Å². The van der Waals surface area contributed by atoms with E-state index in [-0.39, 0.29) is 5.82 Å². The van der Waals surface area contributed by atoms with Gasteiger partial charge in [-0.25, -0.2) is 14.4 Å². The van der Waals surface area contributed by atoms with Crippen LogP contribution in [-0.4, -0.2) is 15.9 Å². The van der Waals surface area contributed by atoms with Gasteiger partial charge >= 0.3 is 0 Å². The molecule has 2 N–H and O–H groups in total. The molecule has 0 unspecified atom stereocenters. The number of aromatic nitrogens is 2. The lowest BCUT2D eigenvalue weighted by Gasteiger charge is -2.11. The number of fused-ring (bicyclic) bond motifs is 1. The van der Waals surface area contributed by atoms with Gasteiger partial charge in [0, 0.05) is 21.8 Å². The van der Waals surface area contributed by atoms with Crippen LogP contribution in [0.5, 0.6) is 0 Å². The van der Waals surface area contributed by atoms with Crippen molar-refractivity contribution in [1.29, 1.82) is 0 Å². The number of para-hydroxylation sites is 1. The van der Waals surface area contributed by atoms with Crippen molar-refractivity contribution < 1.29 is 9.18 Å². The lowest BCUT2D eigenvalue weighted by molar-refractivity contribution is 0.101. The lowest BCUT2D eigenvalue weighted by atomic mass is 10.2. The third kappa shape index (κ3) is 4.17. The summed E-state index contributed by atoms with van der Waals surface area (Å²) in [5, 5.41) is 7.22. The van der Waals surface area contributed by atoms with Gasteiger partial charge in [0.2, 0.25) is 5.82 Å². The van der Waals surface area contributed by atoms with E-state index in [0.717, 1.165) is 11.1 Å². The molecule has 0 aliphatic carbocycles. The number of rotatable bonds is 4. The van der Waals surface area contributed by atoms with E-state index >= 15 is 0 Å². The minimum Gasteiger partial charge on any atom is -0.340 e. The fraction of sp³-hybridized carbons (Fsp3) is 0.0455. The highest BCUT2D eigenvalue weighted by Gasteiger charge is 2.15. The quantitative estimate of drug-likeness (QED) is 0.454. The summed E-state index contributed by atoms with van der Waals surface area (Å²) in [6.45, 7) is 1.65. The van der Waals surface area contributed by atoms with Gasteiger partial charge in [-0.2, -0.15) is 0 Å². The minimum absolute atomic E-state index is 0.0267. The summed E-state index contributed by atoms with van der Waals surface area (Å²) in [7, 11) is 0. The van der Waals surface area contributed by atoms with Gasteiger partial charge in [-0.05, 0) is 61.0 Å². The summed E-state index contributed by atoms with van der Waals surface area (Å²) in [5.41, 5.74) is 2.21. The topological polar surface area (TPSA) is 66.9 Å². The molecule has 5 nitrogen and oxygen atoms in total. The molecule has 1 heterocycles. The second kappa shape index (κ2) is 7.85. The Kier molecular flexibility index (Phi) is 5.10. The van der Waals surface area contributed by atoms with Crippen molar-refractivity contribution in [3.63, 3.8) is 0 Å². The largest absolute Gasteiger partial charge is 0.340 e. The highest BCUT2D eigenvalue weighted by atomic mass is 35.5. The van der Waals surface area contributed by atoms with Gasteiger partial charge in [0.1, 0.15) is 11.6 Å². The fourth-order valence-electron chi connectivity index (χ4n) is 2.80. The average Bonchev–Trinajstić information content (AvgIpc) is 2.72. The third-order valence-electron chi connectivity index (χ3n) is 4.34. The molecule has 0 saturated carbocycles. The van der Waals surface area contributed by atoms with E-state index < -0.39 is 11.7 Å².